The van der Waals surface area contributed by atoms with E-state index in [1.165, 1.54) is 17.0 Å². The number of halogens is 1. The first kappa shape index (κ1) is 16.0. The number of carbonyl (C=O) groups excluding carboxylic acids is 2. The molecule has 1 aliphatic rings. The summed E-state index contributed by atoms with van der Waals surface area (Å²) in [5, 5.41) is 2.80. The van der Waals surface area contributed by atoms with Gasteiger partial charge >= 0.3 is 6.03 Å². The summed E-state index contributed by atoms with van der Waals surface area (Å²) in [5.74, 6) is -0.876. The lowest BCUT2D eigenvalue weighted by atomic mass is 9.97. The summed E-state index contributed by atoms with van der Waals surface area (Å²) in [4.78, 5) is 25.2. The van der Waals surface area contributed by atoms with Gasteiger partial charge in [0.25, 0.3) is 0 Å². The average Bonchev–Trinajstić information content (AvgIpc) is 3.11. The zero-order valence-corrected chi connectivity index (χ0v) is 13.1. The van der Waals surface area contributed by atoms with Gasteiger partial charge in [-0.2, -0.15) is 0 Å². The van der Waals surface area contributed by atoms with E-state index < -0.39 is 6.03 Å². The molecule has 1 atom stereocenters. The van der Waals surface area contributed by atoms with Gasteiger partial charge in [0.1, 0.15) is 5.82 Å². The van der Waals surface area contributed by atoms with Crippen LogP contribution in [0.1, 0.15) is 12.8 Å². The molecule has 1 unspecified atom stereocenters. The van der Waals surface area contributed by atoms with Gasteiger partial charge in [-0.15, -0.1) is 0 Å². The van der Waals surface area contributed by atoms with Crippen molar-refractivity contribution in [2.24, 2.45) is 11.7 Å². The lowest BCUT2D eigenvalue weighted by Crippen LogP contribution is -2.46. The number of piperidine rings is 1. The van der Waals surface area contributed by atoms with Crippen LogP contribution in [0, 0.1) is 11.7 Å². The molecular weight excluding hydrogens is 311 g/mol. The summed E-state index contributed by atoms with van der Waals surface area (Å²) >= 11 is 0. The van der Waals surface area contributed by atoms with Crippen LogP contribution in [0.15, 0.2) is 42.7 Å². The Bertz CT molecular complexity index is 745. The van der Waals surface area contributed by atoms with Crippen molar-refractivity contribution in [3.63, 3.8) is 0 Å². The van der Waals surface area contributed by atoms with Crippen LogP contribution in [-0.4, -0.2) is 34.5 Å². The largest absolute Gasteiger partial charge is 0.351 e. The number of nitrogens with zero attached hydrogens (tertiary/aromatic N) is 2. The number of amides is 3. The number of rotatable bonds is 3. The molecule has 0 saturated carbocycles. The topological polar surface area (TPSA) is 80.4 Å². The summed E-state index contributed by atoms with van der Waals surface area (Å²) in [5.41, 5.74) is 6.16. The first-order valence-electron chi connectivity index (χ1n) is 7.83. The van der Waals surface area contributed by atoms with E-state index in [2.05, 4.69) is 5.32 Å². The van der Waals surface area contributed by atoms with E-state index in [1.54, 1.807) is 35.2 Å². The Kier molecular flexibility index (Phi) is 4.50. The lowest BCUT2D eigenvalue weighted by molar-refractivity contribution is -0.121. The summed E-state index contributed by atoms with van der Waals surface area (Å²) in [6.07, 6.45) is 4.89. The van der Waals surface area contributed by atoms with Crippen molar-refractivity contribution in [3.8, 4) is 5.69 Å². The third-order valence-corrected chi connectivity index (χ3v) is 4.20. The fourth-order valence-electron chi connectivity index (χ4n) is 2.92. The maximum Gasteiger partial charge on any atom is 0.314 e. The average molecular weight is 330 g/mol. The van der Waals surface area contributed by atoms with Gasteiger partial charge in [0.15, 0.2) is 0 Å². The highest BCUT2D eigenvalue weighted by Crippen LogP contribution is 2.22. The predicted molar refractivity (Wildman–Crippen MR) is 88.2 cm³/mol. The molecule has 6 nitrogen and oxygen atoms in total. The third-order valence-electron chi connectivity index (χ3n) is 4.20. The summed E-state index contributed by atoms with van der Waals surface area (Å²) in [6.45, 7) is 0.889. The molecule has 2 heterocycles. The summed E-state index contributed by atoms with van der Waals surface area (Å²) < 4.78 is 15.6. The van der Waals surface area contributed by atoms with Crippen molar-refractivity contribution in [3.05, 3.63) is 48.5 Å². The molecule has 1 aromatic heterocycles. The van der Waals surface area contributed by atoms with E-state index >= 15 is 0 Å². The Labute approximate surface area is 139 Å². The molecule has 1 aromatic carbocycles. The van der Waals surface area contributed by atoms with Gasteiger partial charge < -0.3 is 20.5 Å². The van der Waals surface area contributed by atoms with E-state index in [-0.39, 0.29) is 17.6 Å². The van der Waals surface area contributed by atoms with Gasteiger partial charge in [-0.05, 0) is 43.2 Å². The fourth-order valence-corrected chi connectivity index (χ4v) is 2.92. The molecule has 0 spiro atoms. The number of hydrogen-bond acceptors (Lipinski definition) is 2. The number of aromatic nitrogens is 1. The molecule has 126 valence electrons. The highest BCUT2D eigenvalue weighted by atomic mass is 19.1. The van der Waals surface area contributed by atoms with Gasteiger partial charge in [0.2, 0.25) is 5.91 Å². The van der Waals surface area contributed by atoms with Gasteiger partial charge in [-0.3, -0.25) is 4.79 Å². The van der Waals surface area contributed by atoms with Gasteiger partial charge in [-0.25, -0.2) is 9.18 Å². The first-order chi connectivity index (χ1) is 11.5. The standard InChI is InChI=1S/C17H19FN4O2/c18-14-6-5-13(10-15(14)21-7-1-2-8-21)20-16(23)12-4-3-9-22(11-12)17(19)24/h1-2,5-8,10,12H,3-4,9,11H2,(H2,19,24)(H,20,23). The molecule has 24 heavy (non-hydrogen) atoms. The SMILES string of the molecule is NC(=O)N1CCCC(C(=O)Nc2ccc(F)c(-n3cccc3)c2)C1. The van der Waals surface area contributed by atoms with E-state index in [1.807, 2.05) is 0 Å². The third kappa shape index (κ3) is 3.40. The molecule has 3 N–H and O–H groups in total. The van der Waals surface area contributed by atoms with Crippen LogP contribution in [0.2, 0.25) is 0 Å². The van der Waals surface area contributed by atoms with E-state index in [0.29, 0.717) is 30.9 Å². The maximum atomic E-state index is 14.0. The molecule has 0 bridgehead atoms. The number of likely N-dealkylation sites (tertiary alicyclic amines) is 1. The summed E-state index contributed by atoms with van der Waals surface area (Å²) in [7, 11) is 0. The molecule has 7 heteroatoms. The van der Waals surface area contributed by atoms with Crippen molar-refractivity contribution in [2.75, 3.05) is 18.4 Å². The van der Waals surface area contributed by atoms with Gasteiger partial charge in [0, 0.05) is 31.2 Å². The van der Waals surface area contributed by atoms with Crippen molar-refractivity contribution >= 4 is 17.6 Å². The highest BCUT2D eigenvalue weighted by molar-refractivity contribution is 5.93. The maximum absolute atomic E-state index is 14.0. The lowest BCUT2D eigenvalue weighted by Gasteiger charge is -2.30. The van der Waals surface area contributed by atoms with Crippen molar-refractivity contribution in [1.82, 2.24) is 9.47 Å². The van der Waals surface area contributed by atoms with Crippen LogP contribution in [0.4, 0.5) is 14.9 Å². The van der Waals surface area contributed by atoms with E-state index in [0.717, 1.165) is 6.42 Å². The molecule has 0 radical (unpaired) electrons. The Hall–Kier alpha value is -2.83. The summed E-state index contributed by atoms with van der Waals surface area (Å²) in [6, 6.07) is 7.51. The molecule has 2 aromatic rings. The minimum atomic E-state index is -0.510. The molecule has 0 aliphatic carbocycles. The normalized spacial score (nSPS) is 17.5. The van der Waals surface area contributed by atoms with E-state index in [9.17, 15) is 14.0 Å². The molecular formula is C17H19FN4O2. The zero-order valence-electron chi connectivity index (χ0n) is 13.1. The van der Waals surface area contributed by atoms with Gasteiger partial charge in [-0.1, -0.05) is 0 Å². The number of nitrogens with two attached hydrogens (primary N) is 1. The number of nitrogens with one attached hydrogen (secondary N) is 1. The molecule has 3 amide bonds. The Balaban J connectivity index is 1.73. The Morgan fingerprint density at radius 1 is 1.25 bits per heavy atom. The number of anilines is 1. The second-order valence-corrected chi connectivity index (χ2v) is 5.87. The van der Waals surface area contributed by atoms with Crippen LogP contribution in [-0.2, 0) is 4.79 Å². The van der Waals surface area contributed by atoms with Crippen molar-refractivity contribution < 1.29 is 14.0 Å². The number of carbonyl (C=O) groups is 2. The number of benzene rings is 1. The Morgan fingerprint density at radius 3 is 2.71 bits per heavy atom. The Morgan fingerprint density at radius 2 is 2.00 bits per heavy atom. The molecule has 1 aliphatic heterocycles. The quantitative estimate of drug-likeness (QED) is 0.906. The second-order valence-electron chi connectivity index (χ2n) is 5.87. The van der Waals surface area contributed by atoms with Crippen LogP contribution in [0.5, 0.6) is 0 Å². The van der Waals surface area contributed by atoms with Crippen LogP contribution in [0.25, 0.3) is 5.69 Å². The zero-order chi connectivity index (χ0) is 17.1. The highest BCUT2D eigenvalue weighted by Gasteiger charge is 2.27. The monoisotopic (exact) mass is 330 g/mol. The van der Waals surface area contributed by atoms with E-state index in [4.69, 9.17) is 5.73 Å². The first-order valence-corrected chi connectivity index (χ1v) is 7.83. The number of urea groups is 1. The van der Waals surface area contributed by atoms with Gasteiger partial charge in [0.05, 0.1) is 11.6 Å². The second kappa shape index (κ2) is 6.74. The number of hydrogen-bond donors (Lipinski definition) is 2. The van der Waals surface area contributed by atoms with Crippen molar-refractivity contribution in [2.45, 2.75) is 12.8 Å². The number of primary amides is 1. The van der Waals surface area contributed by atoms with Crippen LogP contribution in [0.3, 0.4) is 0 Å². The van der Waals surface area contributed by atoms with Crippen LogP contribution >= 0.6 is 0 Å². The fraction of sp³-hybridized carbons (Fsp3) is 0.294. The molecule has 3 rings (SSSR count). The molecule has 1 fully saturated rings. The molecule has 1 saturated heterocycles. The minimum Gasteiger partial charge on any atom is -0.351 e. The predicted octanol–water partition coefficient (Wildman–Crippen LogP) is 2.35. The van der Waals surface area contributed by atoms with Crippen LogP contribution < -0.4 is 11.1 Å². The van der Waals surface area contributed by atoms with Crippen molar-refractivity contribution in [1.29, 1.82) is 0 Å². The minimum absolute atomic E-state index is 0.189. The smallest absolute Gasteiger partial charge is 0.314 e.